The Hall–Kier alpha value is -2.64. The average molecular weight is 523 g/mol. The zero-order valence-corrected chi connectivity index (χ0v) is 19.3. The second-order valence-corrected chi connectivity index (χ2v) is 10.2. The van der Waals surface area contributed by atoms with Crippen molar-refractivity contribution in [2.75, 3.05) is 32.0 Å². The Balaban J connectivity index is 1.52. The molecule has 1 aliphatic heterocycles. The standard InChI is InChI=1S/C22H23F6N3O3S/c1-30(35(33,34)19-8-4-16(5-9-19)22(26,27)28)18-10-12-31(13-11-18)14-20(32)29-17-6-2-15(3-7-17)21(23,24)25/h2-9,18H,10-14H2,1H3,(H,29,32). The first-order valence-corrected chi connectivity index (χ1v) is 12.0. The van der Waals surface area contributed by atoms with Gasteiger partial charge in [-0.25, -0.2) is 8.42 Å². The molecule has 192 valence electrons. The number of carbonyl (C=O) groups excluding carboxylic acids is 1. The highest BCUT2D eigenvalue weighted by molar-refractivity contribution is 7.89. The van der Waals surface area contributed by atoms with Crippen LogP contribution in [0.15, 0.2) is 53.4 Å². The first-order valence-electron chi connectivity index (χ1n) is 10.5. The third-order valence-corrected chi connectivity index (χ3v) is 7.72. The number of nitrogens with one attached hydrogen (secondary N) is 1. The fraction of sp³-hybridized carbons (Fsp3) is 0.409. The first-order chi connectivity index (χ1) is 16.2. The monoisotopic (exact) mass is 523 g/mol. The van der Waals surface area contributed by atoms with Crippen LogP contribution in [0.25, 0.3) is 0 Å². The number of halogens is 6. The van der Waals surface area contributed by atoms with Crippen molar-refractivity contribution in [3.8, 4) is 0 Å². The van der Waals surface area contributed by atoms with Crippen LogP contribution in [-0.2, 0) is 27.2 Å². The van der Waals surface area contributed by atoms with Gasteiger partial charge in [0.25, 0.3) is 0 Å². The van der Waals surface area contributed by atoms with Gasteiger partial charge in [0.2, 0.25) is 15.9 Å². The summed E-state index contributed by atoms with van der Waals surface area (Å²) in [4.78, 5) is 13.8. The number of rotatable bonds is 6. The molecule has 0 aliphatic carbocycles. The largest absolute Gasteiger partial charge is 0.416 e. The van der Waals surface area contributed by atoms with Crippen LogP contribution in [0.5, 0.6) is 0 Å². The maximum Gasteiger partial charge on any atom is 0.416 e. The lowest BCUT2D eigenvalue weighted by molar-refractivity contribution is -0.138. The minimum atomic E-state index is -4.57. The lowest BCUT2D eigenvalue weighted by Gasteiger charge is -2.35. The number of anilines is 1. The van der Waals surface area contributed by atoms with Crippen LogP contribution in [0.3, 0.4) is 0 Å². The van der Waals surface area contributed by atoms with E-state index < -0.39 is 45.5 Å². The molecule has 1 aliphatic rings. The van der Waals surface area contributed by atoms with Crippen molar-refractivity contribution >= 4 is 21.6 Å². The molecule has 1 N–H and O–H groups in total. The van der Waals surface area contributed by atoms with Gasteiger partial charge in [0.1, 0.15) is 0 Å². The van der Waals surface area contributed by atoms with Crippen molar-refractivity contribution in [1.82, 2.24) is 9.21 Å². The minimum absolute atomic E-state index is 0.0247. The fourth-order valence-electron chi connectivity index (χ4n) is 3.77. The van der Waals surface area contributed by atoms with Crippen molar-refractivity contribution in [3.63, 3.8) is 0 Å². The molecule has 0 saturated carbocycles. The van der Waals surface area contributed by atoms with Gasteiger partial charge in [-0.2, -0.15) is 30.6 Å². The Bertz CT molecular complexity index is 1130. The fourth-order valence-corrected chi connectivity index (χ4v) is 5.18. The Morgan fingerprint density at radius 2 is 1.37 bits per heavy atom. The SMILES string of the molecule is CN(C1CCN(CC(=O)Nc2ccc(C(F)(F)F)cc2)CC1)S(=O)(=O)c1ccc(C(F)(F)F)cc1. The van der Waals surface area contributed by atoms with Crippen LogP contribution in [0.1, 0.15) is 24.0 Å². The van der Waals surface area contributed by atoms with Gasteiger partial charge in [0.05, 0.1) is 22.6 Å². The molecule has 6 nitrogen and oxygen atoms in total. The molecule has 0 aromatic heterocycles. The van der Waals surface area contributed by atoms with Crippen molar-refractivity contribution < 1.29 is 39.6 Å². The van der Waals surface area contributed by atoms with E-state index in [4.69, 9.17) is 0 Å². The quantitative estimate of drug-likeness (QED) is 0.569. The number of sulfonamides is 1. The molecule has 35 heavy (non-hydrogen) atoms. The predicted octanol–water partition coefficient (Wildman–Crippen LogP) is 4.45. The molecule has 13 heteroatoms. The summed E-state index contributed by atoms with van der Waals surface area (Å²) in [6, 6.07) is 6.95. The zero-order valence-electron chi connectivity index (χ0n) is 18.5. The second kappa shape index (κ2) is 10.2. The highest BCUT2D eigenvalue weighted by Gasteiger charge is 2.34. The van der Waals surface area contributed by atoms with Gasteiger partial charge in [0, 0.05) is 31.9 Å². The molecule has 0 bridgehead atoms. The molecule has 0 atom stereocenters. The van der Waals surface area contributed by atoms with Gasteiger partial charge < -0.3 is 5.32 Å². The predicted molar refractivity (Wildman–Crippen MR) is 116 cm³/mol. The first kappa shape index (κ1) is 27.0. The van der Waals surface area contributed by atoms with Gasteiger partial charge in [-0.15, -0.1) is 0 Å². The number of alkyl halides is 6. The van der Waals surface area contributed by atoms with Crippen LogP contribution in [0, 0.1) is 0 Å². The molecule has 0 radical (unpaired) electrons. The van der Waals surface area contributed by atoms with E-state index in [0.717, 1.165) is 52.8 Å². The Kier molecular flexibility index (Phi) is 7.82. The summed E-state index contributed by atoms with van der Waals surface area (Å²) < 4.78 is 103. The highest BCUT2D eigenvalue weighted by atomic mass is 32.2. The number of likely N-dealkylation sites (tertiary alicyclic amines) is 1. The summed E-state index contributed by atoms with van der Waals surface area (Å²) in [7, 11) is -2.64. The summed E-state index contributed by atoms with van der Waals surface area (Å²) in [5, 5.41) is 2.53. The summed E-state index contributed by atoms with van der Waals surface area (Å²) >= 11 is 0. The maximum atomic E-state index is 12.8. The normalized spacial score (nSPS) is 16.5. The van der Waals surface area contributed by atoms with Gasteiger partial charge in [-0.3, -0.25) is 9.69 Å². The molecule has 3 rings (SSSR count). The number of carbonyl (C=O) groups is 1. The van der Waals surface area contributed by atoms with Gasteiger partial charge >= 0.3 is 12.4 Å². The number of nitrogens with zero attached hydrogens (tertiary/aromatic N) is 2. The van der Waals surface area contributed by atoms with Crippen LogP contribution in [-0.4, -0.2) is 56.3 Å². The van der Waals surface area contributed by atoms with Crippen molar-refractivity contribution in [2.45, 2.75) is 36.1 Å². The smallest absolute Gasteiger partial charge is 0.325 e. The topological polar surface area (TPSA) is 69.7 Å². The van der Waals surface area contributed by atoms with Crippen molar-refractivity contribution in [2.24, 2.45) is 0 Å². The van der Waals surface area contributed by atoms with E-state index in [1.807, 2.05) is 0 Å². The number of benzene rings is 2. The molecule has 2 aromatic carbocycles. The molecular formula is C22H23F6N3O3S. The molecule has 1 fully saturated rings. The minimum Gasteiger partial charge on any atom is -0.325 e. The summed E-state index contributed by atoms with van der Waals surface area (Å²) in [6.07, 6.45) is -8.26. The van der Waals surface area contributed by atoms with E-state index in [1.54, 1.807) is 4.90 Å². The Morgan fingerprint density at radius 1 is 0.914 bits per heavy atom. The second-order valence-electron chi connectivity index (χ2n) is 8.17. The highest BCUT2D eigenvalue weighted by Crippen LogP contribution is 2.31. The lowest BCUT2D eigenvalue weighted by Crippen LogP contribution is -2.47. The number of piperidine rings is 1. The Labute approximate surface area is 198 Å². The van der Waals surface area contributed by atoms with Crippen molar-refractivity contribution in [1.29, 1.82) is 0 Å². The average Bonchev–Trinajstić information content (AvgIpc) is 2.78. The van der Waals surface area contributed by atoms with Crippen molar-refractivity contribution in [3.05, 3.63) is 59.7 Å². The Morgan fingerprint density at radius 3 is 1.83 bits per heavy atom. The molecule has 0 unspecified atom stereocenters. The van der Waals surface area contributed by atoms with E-state index in [0.29, 0.717) is 25.9 Å². The molecule has 0 spiro atoms. The van der Waals surface area contributed by atoms with Crippen LogP contribution in [0.4, 0.5) is 32.0 Å². The summed E-state index contributed by atoms with van der Waals surface area (Å²) in [5.74, 6) is -0.422. The van der Waals surface area contributed by atoms with E-state index in [2.05, 4.69) is 5.32 Å². The summed E-state index contributed by atoms with van der Waals surface area (Å²) in [6.45, 7) is 0.749. The number of hydrogen-bond donors (Lipinski definition) is 1. The third kappa shape index (κ3) is 6.73. The van der Waals surface area contributed by atoms with Crippen LogP contribution in [0.2, 0.25) is 0 Å². The van der Waals surface area contributed by atoms with E-state index in [1.165, 1.54) is 7.05 Å². The molecule has 1 amide bonds. The van der Waals surface area contributed by atoms with Crippen LogP contribution >= 0.6 is 0 Å². The van der Waals surface area contributed by atoms with Gasteiger partial charge in [-0.05, 0) is 61.4 Å². The zero-order chi connectivity index (χ0) is 26.0. The summed E-state index contributed by atoms with van der Waals surface area (Å²) in [5.41, 5.74) is -1.55. The van der Waals surface area contributed by atoms with E-state index >= 15 is 0 Å². The third-order valence-electron chi connectivity index (χ3n) is 5.79. The van der Waals surface area contributed by atoms with Gasteiger partial charge in [-0.1, -0.05) is 0 Å². The molecular weight excluding hydrogens is 500 g/mol. The number of amides is 1. The number of hydrogen-bond acceptors (Lipinski definition) is 4. The van der Waals surface area contributed by atoms with Crippen LogP contribution < -0.4 is 5.32 Å². The van der Waals surface area contributed by atoms with Gasteiger partial charge in [0.15, 0.2) is 0 Å². The molecule has 1 heterocycles. The lowest BCUT2D eigenvalue weighted by atomic mass is 10.1. The van der Waals surface area contributed by atoms with E-state index in [9.17, 15) is 39.6 Å². The molecule has 2 aromatic rings. The molecule has 1 saturated heterocycles. The van der Waals surface area contributed by atoms with E-state index in [-0.39, 0.29) is 17.1 Å². The maximum absolute atomic E-state index is 12.8.